The van der Waals surface area contributed by atoms with E-state index in [1.54, 1.807) is 0 Å². The van der Waals surface area contributed by atoms with E-state index >= 15 is 0 Å². The van der Waals surface area contributed by atoms with Gasteiger partial charge in [-0.3, -0.25) is 4.79 Å². The average molecular weight is 406 g/mol. The molecule has 1 aromatic carbocycles. The lowest BCUT2D eigenvalue weighted by Crippen LogP contribution is -2.57. The molecule has 1 unspecified atom stereocenters. The smallest absolute Gasteiger partial charge is 0.253 e. The Hall–Kier alpha value is -2.53. The van der Waals surface area contributed by atoms with Gasteiger partial charge in [0, 0.05) is 29.7 Å². The molecule has 5 nitrogen and oxygen atoms in total. The lowest BCUT2D eigenvalue weighted by molar-refractivity contribution is 0.0620. The van der Waals surface area contributed by atoms with Crippen LogP contribution in [0.2, 0.25) is 0 Å². The van der Waals surface area contributed by atoms with Gasteiger partial charge in [0.25, 0.3) is 5.91 Å². The number of benzene rings is 1. The Labute approximate surface area is 178 Å². The highest BCUT2D eigenvalue weighted by atomic mass is 16.5. The van der Waals surface area contributed by atoms with Crippen LogP contribution in [0.15, 0.2) is 42.6 Å². The number of nitrogens with zero attached hydrogens (tertiary/aromatic N) is 2. The van der Waals surface area contributed by atoms with E-state index in [1.165, 1.54) is 25.9 Å². The summed E-state index contributed by atoms with van der Waals surface area (Å²) in [5, 5.41) is 4.42. The first kappa shape index (κ1) is 19.4. The molecule has 1 amide bonds. The van der Waals surface area contributed by atoms with E-state index in [1.807, 2.05) is 18.3 Å². The van der Waals surface area contributed by atoms with Gasteiger partial charge < -0.3 is 19.4 Å². The number of hydrogen-bond acceptors (Lipinski definition) is 3. The predicted octanol–water partition coefficient (Wildman–Crippen LogP) is 4.48. The van der Waals surface area contributed by atoms with Crippen LogP contribution in [0.3, 0.4) is 0 Å². The Morgan fingerprint density at radius 2 is 2.03 bits per heavy atom. The van der Waals surface area contributed by atoms with E-state index in [0.717, 1.165) is 47.1 Å². The second-order valence-corrected chi connectivity index (χ2v) is 9.01. The molecular weight excluding hydrogens is 374 g/mol. The van der Waals surface area contributed by atoms with Crippen molar-refractivity contribution in [2.24, 2.45) is 5.92 Å². The maximum Gasteiger partial charge on any atom is 0.253 e. The van der Waals surface area contributed by atoms with Gasteiger partial charge in [-0.15, -0.1) is 0 Å². The Morgan fingerprint density at radius 1 is 1.20 bits per heavy atom. The Morgan fingerprint density at radius 3 is 2.77 bits per heavy atom. The molecule has 5 heteroatoms. The molecule has 3 fully saturated rings. The maximum atomic E-state index is 13.0. The molecule has 0 radical (unpaired) electrons. The topological polar surface area (TPSA) is 46.0 Å². The molecule has 3 saturated heterocycles. The normalized spacial score (nSPS) is 24.3. The lowest BCUT2D eigenvalue weighted by Gasteiger charge is -2.44. The van der Waals surface area contributed by atoms with E-state index < -0.39 is 0 Å². The number of carbonyl (C=O) groups excluding carboxylic acids is 1. The Balaban J connectivity index is 1.38. The molecule has 2 bridgehead atoms. The summed E-state index contributed by atoms with van der Waals surface area (Å²) in [4.78, 5) is 15.4. The molecule has 1 N–H and O–H groups in total. The van der Waals surface area contributed by atoms with Gasteiger partial charge in [0.05, 0.1) is 17.2 Å². The third-order valence-corrected chi connectivity index (χ3v) is 6.81. The third kappa shape index (κ3) is 3.67. The molecule has 0 spiro atoms. The Kier molecular flexibility index (Phi) is 5.15. The summed E-state index contributed by atoms with van der Waals surface area (Å²) in [7, 11) is 0. The fraction of sp³-hybridized carbons (Fsp3) is 0.480. The van der Waals surface area contributed by atoms with E-state index in [4.69, 9.17) is 4.74 Å². The van der Waals surface area contributed by atoms with Crippen LogP contribution in [-0.4, -0.2) is 47.0 Å². The van der Waals surface area contributed by atoms with E-state index in [9.17, 15) is 4.79 Å². The van der Waals surface area contributed by atoms with Crippen molar-refractivity contribution in [1.29, 1.82) is 0 Å². The second kappa shape index (κ2) is 7.95. The third-order valence-electron chi connectivity index (χ3n) is 6.81. The number of rotatable bonds is 6. The lowest BCUT2D eigenvalue weighted by atomic mass is 9.84. The van der Waals surface area contributed by atoms with Crippen molar-refractivity contribution in [1.82, 2.24) is 14.6 Å². The highest BCUT2D eigenvalue weighted by Crippen LogP contribution is 2.28. The number of nitrogens with one attached hydrogen (secondary N) is 1. The van der Waals surface area contributed by atoms with Crippen molar-refractivity contribution in [3.8, 4) is 5.75 Å². The number of aromatic nitrogens is 1. The van der Waals surface area contributed by atoms with Crippen LogP contribution in [0.1, 0.15) is 49.9 Å². The standard InChI is InChI=1S/C25H31N3O2/c1-3-4-17(2)30-22-7-8-24-19(14-22)5-6-21-13-20(15-28(21)24)25(29)26-23-16-27-11-9-18(23)10-12-27/h5-8,13-15,17-18,23H,3-4,9-12,16H2,1-2H3,(H,26,29)/t17?,23-/m0/s1. The van der Waals surface area contributed by atoms with Crippen LogP contribution in [0.5, 0.6) is 5.75 Å². The highest BCUT2D eigenvalue weighted by molar-refractivity contribution is 5.97. The van der Waals surface area contributed by atoms with Crippen LogP contribution in [-0.2, 0) is 0 Å². The molecule has 3 aliphatic heterocycles. The monoisotopic (exact) mass is 405 g/mol. The fourth-order valence-corrected chi connectivity index (χ4v) is 5.15. The van der Waals surface area contributed by atoms with E-state index in [0.29, 0.717) is 5.92 Å². The van der Waals surface area contributed by atoms with Crippen molar-refractivity contribution < 1.29 is 9.53 Å². The van der Waals surface area contributed by atoms with Crippen LogP contribution < -0.4 is 10.1 Å². The summed E-state index contributed by atoms with van der Waals surface area (Å²) < 4.78 is 8.16. The predicted molar refractivity (Wildman–Crippen MR) is 120 cm³/mol. The van der Waals surface area contributed by atoms with Gasteiger partial charge in [-0.2, -0.15) is 0 Å². The van der Waals surface area contributed by atoms with Gasteiger partial charge in [0.15, 0.2) is 0 Å². The van der Waals surface area contributed by atoms with Gasteiger partial charge in [-0.1, -0.05) is 19.4 Å². The SMILES string of the molecule is CCCC(C)Oc1ccc2c(ccc3cc(C(=O)N[C@H]4CN5CCC4CC5)cn32)c1. The van der Waals surface area contributed by atoms with Gasteiger partial charge in [-0.05, 0) is 75.5 Å². The summed E-state index contributed by atoms with van der Waals surface area (Å²) in [6.07, 6.45) is 6.75. The zero-order valence-electron chi connectivity index (χ0n) is 17.9. The molecule has 6 rings (SSSR count). The molecular formula is C25H31N3O2. The van der Waals surface area contributed by atoms with Crippen molar-refractivity contribution in [2.45, 2.75) is 51.7 Å². The zero-order valence-corrected chi connectivity index (χ0v) is 17.9. The quantitative estimate of drug-likeness (QED) is 0.658. The first-order valence-electron chi connectivity index (χ1n) is 11.4. The van der Waals surface area contributed by atoms with Gasteiger partial charge in [-0.25, -0.2) is 0 Å². The van der Waals surface area contributed by atoms with Crippen LogP contribution in [0, 0.1) is 5.92 Å². The minimum absolute atomic E-state index is 0.0407. The molecule has 30 heavy (non-hydrogen) atoms. The van der Waals surface area contributed by atoms with E-state index in [2.05, 4.69) is 52.7 Å². The fourth-order valence-electron chi connectivity index (χ4n) is 5.15. The molecule has 3 aromatic rings. The van der Waals surface area contributed by atoms with E-state index in [-0.39, 0.29) is 18.1 Å². The number of pyridine rings is 1. The second-order valence-electron chi connectivity index (χ2n) is 9.01. The summed E-state index contributed by atoms with van der Waals surface area (Å²) in [6, 6.07) is 12.7. The largest absolute Gasteiger partial charge is 0.491 e. The number of ether oxygens (including phenoxy) is 1. The number of amides is 1. The molecule has 2 aromatic heterocycles. The van der Waals surface area contributed by atoms with Crippen LogP contribution in [0.25, 0.3) is 16.4 Å². The zero-order chi connectivity index (χ0) is 20.7. The first-order chi connectivity index (χ1) is 14.6. The van der Waals surface area contributed by atoms with Crippen LogP contribution >= 0.6 is 0 Å². The van der Waals surface area contributed by atoms with Crippen molar-refractivity contribution in [3.63, 3.8) is 0 Å². The van der Waals surface area contributed by atoms with Crippen molar-refractivity contribution in [2.75, 3.05) is 19.6 Å². The molecule has 0 aliphatic carbocycles. The summed E-state index contributed by atoms with van der Waals surface area (Å²) >= 11 is 0. The summed E-state index contributed by atoms with van der Waals surface area (Å²) in [5.41, 5.74) is 2.86. The minimum atomic E-state index is 0.0407. The average Bonchev–Trinajstić information content (AvgIpc) is 3.19. The Bertz CT molecular complexity index is 1060. The molecule has 5 heterocycles. The number of hydrogen-bond donors (Lipinski definition) is 1. The van der Waals surface area contributed by atoms with Crippen LogP contribution in [0.4, 0.5) is 0 Å². The molecule has 3 aliphatic rings. The molecule has 2 atom stereocenters. The summed E-state index contributed by atoms with van der Waals surface area (Å²) in [5.74, 6) is 1.57. The first-order valence-corrected chi connectivity index (χ1v) is 11.4. The number of piperidine rings is 3. The van der Waals surface area contributed by atoms with Gasteiger partial charge in [0.2, 0.25) is 0 Å². The molecule has 0 saturated carbocycles. The van der Waals surface area contributed by atoms with Crippen molar-refractivity contribution >= 4 is 22.3 Å². The number of carbonyl (C=O) groups is 1. The molecule has 158 valence electrons. The number of fused-ring (bicyclic) bond motifs is 6. The summed E-state index contributed by atoms with van der Waals surface area (Å²) in [6.45, 7) is 7.65. The highest BCUT2D eigenvalue weighted by Gasteiger charge is 2.35. The maximum absolute atomic E-state index is 13.0. The van der Waals surface area contributed by atoms with Gasteiger partial charge in [0.1, 0.15) is 5.75 Å². The van der Waals surface area contributed by atoms with Gasteiger partial charge >= 0.3 is 0 Å². The minimum Gasteiger partial charge on any atom is -0.491 e. The van der Waals surface area contributed by atoms with Crippen molar-refractivity contribution in [3.05, 3.63) is 48.2 Å².